The summed E-state index contributed by atoms with van der Waals surface area (Å²) in [5, 5.41) is 56.0. The summed E-state index contributed by atoms with van der Waals surface area (Å²) in [6.45, 7) is 5.15. The van der Waals surface area contributed by atoms with E-state index in [4.69, 9.17) is 22.3 Å². The van der Waals surface area contributed by atoms with Gasteiger partial charge in [0, 0.05) is 44.0 Å². The number of nitrogens with zero attached hydrogens (tertiary/aromatic N) is 1. The molecule has 3 rings (SSSR count). The van der Waals surface area contributed by atoms with Crippen molar-refractivity contribution in [2.24, 2.45) is 17.4 Å². The minimum atomic E-state index is -1.64. The Balaban J connectivity index is 1.89. The largest absolute Gasteiger partial charge is 0.508 e. The van der Waals surface area contributed by atoms with Crippen LogP contribution in [-0.2, 0) is 57.7 Å². The summed E-state index contributed by atoms with van der Waals surface area (Å²) in [5.41, 5.74) is 18.0. The molecule has 0 saturated heterocycles. The second kappa shape index (κ2) is 25.6. The van der Waals surface area contributed by atoms with Crippen LogP contribution in [0.2, 0.25) is 0 Å². The second-order valence-electron chi connectivity index (χ2n) is 15.9. The fourth-order valence-corrected chi connectivity index (χ4v) is 6.66. The molecule has 15 N–H and O–H groups in total. The average Bonchev–Trinajstić information content (AvgIpc) is 3.27. The van der Waals surface area contributed by atoms with Crippen molar-refractivity contribution < 1.29 is 58.6 Å². The van der Waals surface area contributed by atoms with Crippen LogP contribution in [0.5, 0.6) is 11.5 Å². The molecule has 0 radical (unpaired) electrons. The minimum Gasteiger partial charge on any atom is -0.508 e. The Bertz CT molecular complexity index is 2280. The summed E-state index contributed by atoms with van der Waals surface area (Å²) in [4.78, 5) is 115. The number of hydrogen-bond acceptors (Lipinski definition) is 14. The first kappa shape index (κ1) is 53.5. The van der Waals surface area contributed by atoms with Crippen LogP contribution in [0.25, 0.3) is 0 Å². The summed E-state index contributed by atoms with van der Waals surface area (Å²) < 4.78 is 0. The summed E-state index contributed by atoms with van der Waals surface area (Å²) in [7, 11) is 0. The number of carboxylic acids is 1. The van der Waals surface area contributed by atoms with Gasteiger partial charge in [0.05, 0.1) is 11.0 Å². The van der Waals surface area contributed by atoms with Gasteiger partial charge < -0.3 is 64.4 Å². The molecule has 362 valence electrons. The number of carbonyl (C=O) groups excluding carboxylic acids is 7. The summed E-state index contributed by atoms with van der Waals surface area (Å²) in [6.07, 6.45) is -1.83. The molecule has 0 aliphatic carbocycles. The summed E-state index contributed by atoms with van der Waals surface area (Å²) in [5.74, 6) is -8.76. The molecule has 0 heterocycles. The minimum absolute atomic E-state index is 0.0538. The molecule has 23 nitrogen and oxygen atoms in total. The number of para-hydroxylation sites is 1. The highest BCUT2D eigenvalue weighted by Gasteiger charge is 2.33. The van der Waals surface area contributed by atoms with E-state index in [2.05, 4.69) is 31.9 Å². The third-order valence-electron chi connectivity index (χ3n) is 10.8. The number of nitro groups is 1. The molecule has 0 unspecified atom stereocenters. The third kappa shape index (κ3) is 17.2. The Kier molecular flexibility index (Phi) is 20.5. The van der Waals surface area contributed by atoms with Gasteiger partial charge >= 0.3 is 11.7 Å². The molecule has 0 spiro atoms. The van der Waals surface area contributed by atoms with Crippen LogP contribution in [-0.4, -0.2) is 104 Å². The number of benzene rings is 3. The lowest BCUT2D eigenvalue weighted by atomic mass is 9.96. The zero-order chi connectivity index (χ0) is 50.0. The predicted molar refractivity (Wildman–Crippen MR) is 241 cm³/mol. The van der Waals surface area contributed by atoms with Crippen molar-refractivity contribution in [2.75, 3.05) is 5.73 Å². The number of nitro benzene ring substituents is 1. The number of phenolic OH excluding ortho intramolecular Hbond substituents is 2. The van der Waals surface area contributed by atoms with Crippen molar-refractivity contribution in [3.63, 3.8) is 0 Å². The standard InChI is InChI=1S/C44H58N10O13/c1-4-23(2)38(48-22-27-7-5-6-8-29(27)45)44(65)53-32(19-25-9-12-28(55)13-10-25)43(64)51-31(14-17-36(46)57)41(62)49-24(3)40(61)52-33(20-26-11-16-35(56)34(21-26)54(66)67)42(63)50-30(39(47)60)15-18-37(58)59/h5-13,16,21,23-24,30-33,38,48,55-56H,4,14-15,17-20,22,45H2,1-3H3,(H2,46,57)(H2,47,60)(H,49,62)(H,50,63)(H,51,64)(H,52,61)(H,53,65)(H,58,59)/t23-,24-,30-,31-,32-,33-,38-/m0/s1. The van der Waals surface area contributed by atoms with Gasteiger partial charge in [0.1, 0.15) is 36.0 Å². The summed E-state index contributed by atoms with van der Waals surface area (Å²) in [6, 6.07) is 7.69. The number of nitrogens with two attached hydrogens (primary N) is 3. The van der Waals surface area contributed by atoms with Gasteiger partial charge in [-0.25, -0.2) is 0 Å². The van der Waals surface area contributed by atoms with Crippen molar-refractivity contribution in [3.05, 3.63) is 93.5 Å². The number of nitrogen functional groups attached to an aromatic ring is 1. The molecule has 0 bridgehead atoms. The van der Waals surface area contributed by atoms with Crippen LogP contribution >= 0.6 is 0 Å². The van der Waals surface area contributed by atoms with Crippen molar-refractivity contribution in [1.82, 2.24) is 31.9 Å². The number of nitrogens with one attached hydrogen (secondary N) is 6. The molecule has 0 aromatic heterocycles. The smallest absolute Gasteiger partial charge is 0.310 e. The van der Waals surface area contributed by atoms with Crippen LogP contribution in [0.15, 0.2) is 66.7 Å². The van der Waals surface area contributed by atoms with Gasteiger partial charge in [0.15, 0.2) is 5.75 Å². The molecule has 0 saturated carbocycles. The maximum atomic E-state index is 14.2. The van der Waals surface area contributed by atoms with Crippen molar-refractivity contribution in [1.29, 1.82) is 0 Å². The van der Waals surface area contributed by atoms with E-state index in [9.17, 15) is 58.7 Å². The SMILES string of the molecule is CC[C@H](C)[C@H](NCc1ccccc1N)C(=O)N[C@@H](Cc1ccc(O)cc1)C(=O)N[C@@H](CCC(N)=O)C(=O)N[C@@H](C)C(=O)N[C@@H](Cc1ccc(O)c([N+](=O)[O-])c1)C(=O)N[C@@H](CCC(=O)O)C(N)=O. The number of hydrogen-bond donors (Lipinski definition) is 12. The predicted octanol–water partition coefficient (Wildman–Crippen LogP) is -0.363. The van der Waals surface area contributed by atoms with E-state index in [1.54, 1.807) is 24.3 Å². The Morgan fingerprint density at radius 3 is 1.79 bits per heavy atom. The molecular formula is C44H58N10O13. The zero-order valence-electron chi connectivity index (χ0n) is 37.2. The van der Waals surface area contributed by atoms with Crippen molar-refractivity contribution in [2.45, 2.75) is 109 Å². The van der Waals surface area contributed by atoms with E-state index in [0.717, 1.165) is 17.7 Å². The van der Waals surface area contributed by atoms with Gasteiger partial charge in [-0.05, 0) is 66.6 Å². The van der Waals surface area contributed by atoms with Crippen LogP contribution in [0.4, 0.5) is 11.4 Å². The van der Waals surface area contributed by atoms with E-state index in [0.29, 0.717) is 17.7 Å². The third-order valence-corrected chi connectivity index (χ3v) is 10.8. The lowest BCUT2D eigenvalue weighted by Gasteiger charge is -2.28. The normalized spacial score (nSPS) is 14.1. The number of phenols is 2. The van der Waals surface area contributed by atoms with Crippen LogP contribution in [0.1, 0.15) is 69.6 Å². The second-order valence-corrected chi connectivity index (χ2v) is 15.9. The van der Waals surface area contributed by atoms with Gasteiger partial charge in [0.2, 0.25) is 41.4 Å². The number of carboxylic acid groups (broad SMARTS) is 1. The Labute approximate surface area is 385 Å². The first-order chi connectivity index (χ1) is 31.6. The number of aromatic hydroxyl groups is 2. The molecule has 0 aliphatic rings. The fraction of sp³-hybridized carbons (Fsp3) is 0.409. The molecule has 7 amide bonds. The molecule has 67 heavy (non-hydrogen) atoms. The van der Waals surface area contributed by atoms with Gasteiger partial charge in [-0.15, -0.1) is 0 Å². The molecule has 23 heteroatoms. The van der Waals surface area contributed by atoms with Crippen LogP contribution in [0.3, 0.4) is 0 Å². The van der Waals surface area contributed by atoms with Gasteiger partial charge in [-0.3, -0.25) is 48.5 Å². The van der Waals surface area contributed by atoms with E-state index >= 15 is 0 Å². The van der Waals surface area contributed by atoms with Gasteiger partial charge in [-0.2, -0.15) is 0 Å². The highest BCUT2D eigenvalue weighted by Crippen LogP contribution is 2.27. The topological polar surface area (TPSA) is 391 Å². The number of rotatable bonds is 27. The zero-order valence-corrected chi connectivity index (χ0v) is 37.2. The number of primary amides is 2. The van der Waals surface area contributed by atoms with E-state index in [1.807, 2.05) is 13.8 Å². The molecule has 0 aliphatic heterocycles. The van der Waals surface area contributed by atoms with E-state index in [-0.39, 0.29) is 36.6 Å². The average molecular weight is 935 g/mol. The summed E-state index contributed by atoms with van der Waals surface area (Å²) >= 11 is 0. The Morgan fingerprint density at radius 2 is 1.22 bits per heavy atom. The van der Waals surface area contributed by atoms with E-state index in [1.165, 1.54) is 37.3 Å². The highest BCUT2D eigenvalue weighted by molar-refractivity contribution is 5.97. The maximum Gasteiger partial charge on any atom is 0.310 e. The molecule has 0 fully saturated rings. The van der Waals surface area contributed by atoms with Crippen molar-refractivity contribution >= 4 is 58.7 Å². The van der Waals surface area contributed by atoms with Gasteiger partial charge in [-0.1, -0.05) is 56.7 Å². The first-order valence-corrected chi connectivity index (χ1v) is 21.2. The number of amides is 7. The fourth-order valence-electron chi connectivity index (χ4n) is 6.66. The first-order valence-electron chi connectivity index (χ1n) is 21.2. The molecule has 3 aromatic rings. The molecular weight excluding hydrogens is 877 g/mol. The molecule has 3 aromatic carbocycles. The lowest BCUT2D eigenvalue weighted by molar-refractivity contribution is -0.385. The quantitative estimate of drug-likeness (QED) is 0.0264. The van der Waals surface area contributed by atoms with E-state index < -0.39 is 126 Å². The molecule has 7 atom stereocenters. The van der Waals surface area contributed by atoms with Gasteiger partial charge in [0.25, 0.3) is 0 Å². The number of aliphatic carboxylic acids is 1. The van der Waals surface area contributed by atoms with Crippen LogP contribution in [0, 0.1) is 16.0 Å². The van der Waals surface area contributed by atoms with Crippen molar-refractivity contribution in [3.8, 4) is 11.5 Å². The van der Waals surface area contributed by atoms with Crippen LogP contribution < -0.4 is 49.1 Å². The lowest BCUT2D eigenvalue weighted by Crippen LogP contribution is -2.60. The number of anilines is 1. The number of carbonyl (C=O) groups is 8. The Hall–Kier alpha value is -7.82. The maximum absolute atomic E-state index is 14.2. The Morgan fingerprint density at radius 1 is 0.687 bits per heavy atom. The monoisotopic (exact) mass is 934 g/mol. The highest BCUT2D eigenvalue weighted by atomic mass is 16.6.